The fourth-order valence-electron chi connectivity index (χ4n) is 2.31. The number of unbranched alkanes of at least 4 members (excludes halogenated alkanes) is 4. The van der Waals surface area contributed by atoms with Gasteiger partial charge in [0.2, 0.25) is 5.91 Å². The summed E-state index contributed by atoms with van der Waals surface area (Å²) in [5.74, 6) is 0.0956. The van der Waals surface area contributed by atoms with E-state index in [1.807, 2.05) is 37.3 Å². The normalized spacial score (nSPS) is 13.8. The van der Waals surface area contributed by atoms with Gasteiger partial charge in [-0.05, 0) is 18.9 Å². The third-order valence-electron chi connectivity index (χ3n) is 3.74. The Morgan fingerprint density at radius 1 is 1.15 bits per heavy atom. The number of carbonyl (C=O) groups excluding carboxylic acids is 1. The molecule has 0 aromatic heterocycles. The van der Waals surface area contributed by atoms with Gasteiger partial charge in [-0.15, -0.1) is 0 Å². The molecule has 112 valence electrons. The molecular weight excluding hydrogens is 248 g/mol. The lowest BCUT2D eigenvalue weighted by atomic mass is 9.92. The molecule has 1 aromatic carbocycles. The van der Waals surface area contributed by atoms with E-state index in [2.05, 4.69) is 12.2 Å². The summed E-state index contributed by atoms with van der Waals surface area (Å²) in [6, 6.07) is 9.93. The Bertz CT molecular complexity index is 391. The number of carbonyl (C=O) groups is 1. The third-order valence-corrected chi connectivity index (χ3v) is 3.74. The second-order valence-electron chi connectivity index (χ2n) is 5.61. The highest BCUT2D eigenvalue weighted by Gasteiger charge is 2.26. The minimum Gasteiger partial charge on any atom is -0.346 e. The molecule has 0 saturated carbocycles. The molecule has 0 heterocycles. The van der Waals surface area contributed by atoms with Crippen LogP contribution < -0.4 is 11.1 Å². The third kappa shape index (κ3) is 5.33. The average molecular weight is 276 g/mol. The van der Waals surface area contributed by atoms with Crippen LogP contribution >= 0.6 is 0 Å². The van der Waals surface area contributed by atoms with E-state index in [0.29, 0.717) is 13.0 Å². The molecule has 0 saturated heterocycles. The summed E-state index contributed by atoms with van der Waals surface area (Å²) in [7, 11) is 0. The van der Waals surface area contributed by atoms with Crippen LogP contribution in [0.3, 0.4) is 0 Å². The first-order valence-corrected chi connectivity index (χ1v) is 7.69. The lowest BCUT2D eigenvalue weighted by Crippen LogP contribution is -2.48. The second-order valence-corrected chi connectivity index (χ2v) is 5.61. The van der Waals surface area contributed by atoms with E-state index in [-0.39, 0.29) is 5.91 Å². The molecule has 3 N–H and O–H groups in total. The van der Waals surface area contributed by atoms with E-state index in [0.717, 1.165) is 18.4 Å². The maximum absolute atomic E-state index is 12.1. The number of nitrogens with two attached hydrogens (primary N) is 1. The van der Waals surface area contributed by atoms with Crippen LogP contribution in [0.2, 0.25) is 0 Å². The summed E-state index contributed by atoms with van der Waals surface area (Å²) in [6.07, 6.45) is 6.38. The number of benzene rings is 1. The molecule has 1 rings (SSSR count). The van der Waals surface area contributed by atoms with Gasteiger partial charge >= 0.3 is 0 Å². The molecule has 3 heteroatoms. The largest absolute Gasteiger partial charge is 0.346 e. The second kappa shape index (κ2) is 8.75. The van der Waals surface area contributed by atoms with E-state index in [1.165, 1.54) is 19.3 Å². The Kier molecular flexibility index (Phi) is 7.31. The van der Waals surface area contributed by atoms with Gasteiger partial charge in [-0.3, -0.25) is 4.79 Å². The van der Waals surface area contributed by atoms with E-state index < -0.39 is 5.54 Å². The van der Waals surface area contributed by atoms with E-state index in [9.17, 15) is 4.79 Å². The van der Waals surface area contributed by atoms with Crippen molar-refractivity contribution in [1.29, 1.82) is 0 Å². The molecule has 0 radical (unpaired) electrons. The van der Waals surface area contributed by atoms with Gasteiger partial charge in [-0.2, -0.15) is 0 Å². The van der Waals surface area contributed by atoms with Gasteiger partial charge in [-0.1, -0.05) is 62.9 Å². The van der Waals surface area contributed by atoms with Crippen LogP contribution in [0, 0.1) is 0 Å². The lowest BCUT2D eigenvalue weighted by molar-refractivity contribution is -0.123. The molecule has 0 aliphatic rings. The van der Waals surface area contributed by atoms with Crippen molar-refractivity contribution < 1.29 is 4.79 Å². The zero-order valence-electron chi connectivity index (χ0n) is 12.8. The smallest absolute Gasteiger partial charge is 0.220 e. The quantitative estimate of drug-likeness (QED) is 0.680. The monoisotopic (exact) mass is 276 g/mol. The molecule has 1 unspecified atom stereocenters. The van der Waals surface area contributed by atoms with Crippen molar-refractivity contribution in [3.05, 3.63) is 35.9 Å². The molecule has 3 nitrogen and oxygen atoms in total. The first-order chi connectivity index (χ1) is 9.62. The molecule has 0 aliphatic heterocycles. The van der Waals surface area contributed by atoms with Crippen LogP contribution in [0.25, 0.3) is 0 Å². The molecule has 1 aromatic rings. The SMILES string of the molecule is CCCCCCCC(=O)NC(C)(CN)c1ccccc1. The Hall–Kier alpha value is -1.35. The maximum atomic E-state index is 12.1. The summed E-state index contributed by atoms with van der Waals surface area (Å²) in [5.41, 5.74) is 6.45. The lowest BCUT2D eigenvalue weighted by Gasteiger charge is -2.30. The molecule has 0 aliphatic carbocycles. The van der Waals surface area contributed by atoms with Crippen LogP contribution in [-0.2, 0) is 10.3 Å². The van der Waals surface area contributed by atoms with E-state index in [4.69, 9.17) is 5.73 Å². The fraction of sp³-hybridized carbons (Fsp3) is 0.588. The number of amides is 1. The Morgan fingerprint density at radius 2 is 1.80 bits per heavy atom. The standard InChI is InChI=1S/C17H28N2O/c1-3-4-5-6-10-13-16(20)19-17(2,14-18)15-11-8-7-9-12-15/h7-9,11-12H,3-6,10,13-14,18H2,1-2H3,(H,19,20). The predicted octanol–water partition coefficient (Wildman–Crippen LogP) is 3.34. The van der Waals surface area contributed by atoms with Crippen molar-refractivity contribution >= 4 is 5.91 Å². The fourth-order valence-corrected chi connectivity index (χ4v) is 2.31. The highest BCUT2D eigenvalue weighted by atomic mass is 16.1. The van der Waals surface area contributed by atoms with Crippen molar-refractivity contribution in [1.82, 2.24) is 5.32 Å². The highest BCUT2D eigenvalue weighted by molar-refractivity contribution is 5.77. The molecular formula is C17H28N2O. The minimum atomic E-state index is -0.470. The zero-order valence-corrected chi connectivity index (χ0v) is 12.8. The van der Waals surface area contributed by atoms with Crippen molar-refractivity contribution in [2.45, 2.75) is 57.9 Å². The zero-order chi connectivity index (χ0) is 14.8. The van der Waals surface area contributed by atoms with Gasteiger partial charge in [-0.25, -0.2) is 0 Å². The van der Waals surface area contributed by atoms with Gasteiger partial charge in [0.25, 0.3) is 0 Å². The van der Waals surface area contributed by atoms with Gasteiger partial charge in [0, 0.05) is 13.0 Å². The van der Waals surface area contributed by atoms with Gasteiger partial charge in [0.1, 0.15) is 0 Å². The van der Waals surface area contributed by atoms with Crippen LogP contribution in [0.4, 0.5) is 0 Å². The summed E-state index contributed by atoms with van der Waals surface area (Å²) >= 11 is 0. The van der Waals surface area contributed by atoms with E-state index in [1.54, 1.807) is 0 Å². The van der Waals surface area contributed by atoms with Crippen LogP contribution in [-0.4, -0.2) is 12.5 Å². The Labute approximate surface area is 122 Å². The summed E-state index contributed by atoms with van der Waals surface area (Å²) in [5, 5.41) is 3.09. The van der Waals surface area contributed by atoms with Crippen LogP contribution in [0.1, 0.15) is 57.9 Å². The Balaban J connectivity index is 2.45. The molecule has 0 fully saturated rings. The van der Waals surface area contributed by atoms with Gasteiger partial charge in [0.05, 0.1) is 5.54 Å². The number of nitrogens with one attached hydrogen (secondary N) is 1. The first kappa shape index (κ1) is 16.7. The molecule has 0 bridgehead atoms. The highest BCUT2D eigenvalue weighted by Crippen LogP contribution is 2.19. The molecule has 1 amide bonds. The summed E-state index contributed by atoms with van der Waals surface area (Å²) in [4.78, 5) is 12.1. The molecule has 0 spiro atoms. The number of rotatable bonds is 9. The first-order valence-electron chi connectivity index (χ1n) is 7.69. The van der Waals surface area contributed by atoms with Crippen molar-refractivity contribution in [3.63, 3.8) is 0 Å². The van der Waals surface area contributed by atoms with Crippen molar-refractivity contribution in [3.8, 4) is 0 Å². The van der Waals surface area contributed by atoms with E-state index >= 15 is 0 Å². The topological polar surface area (TPSA) is 55.1 Å². The predicted molar refractivity (Wildman–Crippen MR) is 84.4 cm³/mol. The average Bonchev–Trinajstić information content (AvgIpc) is 2.48. The Morgan fingerprint density at radius 3 is 2.40 bits per heavy atom. The van der Waals surface area contributed by atoms with Gasteiger partial charge < -0.3 is 11.1 Å². The maximum Gasteiger partial charge on any atom is 0.220 e. The van der Waals surface area contributed by atoms with Crippen LogP contribution in [0.5, 0.6) is 0 Å². The van der Waals surface area contributed by atoms with Crippen molar-refractivity contribution in [2.75, 3.05) is 6.54 Å². The summed E-state index contributed by atoms with van der Waals surface area (Å²) in [6.45, 7) is 4.58. The van der Waals surface area contributed by atoms with Crippen LogP contribution in [0.15, 0.2) is 30.3 Å². The number of hydrogen-bond donors (Lipinski definition) is 2. The van der Waals surface area contributed by atoms with Crippen molar-refractivity contribution in [2.24, 2.45) is 5.73 Å². The number of hydrogen-bond acceptors (Lipinski definition) is 2. The van der Waals surface area contributed by atoms with Gasteiger partial charge in [0.15, 0.2) is 0 Å². The molecule has 20 heavy (non-hydrogen) atoms. The molecule has 1 atom stereocenters. The minimum absolute atomic E-state index is 0.0956. The summed E-state index contributed by atoms with van der Waals surface area (Å²) < 4.78 is 0.